The van der Waals surface area contributed by atoms with E-state index in [-0.39, 0.29) is 5.56 Å². The predicted octanol–water partition coefficient (Wildman–Crippen LogP) is 2.46. The molecule has 3 rings (SSSR count). The molecule has 2 heterocycles. The second kappa shape index (κ2) is 4.71. The molecule has 3 aromatic rings. The lowest BCUT2D eigenvalue weighted by Crippen LogP contribution is -2.14. The molecule has 0 aliphatic rings. The minimum atomic E-state index is -0.215. The van der Waals surface area contributed by atoms with E-state index in [1.807, 2.05) is 24.5 Å². The smallest absolute Gasteiger partial charge is 0.267 e. The number of H-pyrrole nitrogens is 1. The summed E-state index contributed by atoms with van der Waals surface area (Å²) in [5.74, 6) is 0.340. The number of rotatable bonds is 2. The Kier molecular flexibility index (Phi) is 3.04. The normalized spacial score (nSPS) is 11.1. The van der Waals surface area contributed by atoms with Crippen LogP contribution in [0.25, 0.3) is 17.0 Å². The highest BCUT2D eigenvalue weighted by atomic mass is 35.5. The predicted molar refractivity (Wildman–Crippen MR) is 75.8 cm³/mol. The minimum Gasteiger partial charge on any atom is -0.267 e. The Morgan fingerprint density at radius 2 is 2.11 bits per heavy atom. The van der Waals surface area contributed by atoms with Gasteiger partial charge in [0.25, 0.3) is 11.3 Å². The van der Waals surface area contributed by atoms with Crippen molar-refractivity contribution >= 4 is 29.1 Å². The maximum absolute atomic E-state index is 12.0. The van der Waals surface area contributed by atoms with E-state index < -0.39 is 0 Å². The van der Waals surface area contributed by atoms with E-state index in [4.69, 9.17) is 11.6 Å². The Morgan fingerprint density at radius 3 is 2.84 bits per heavy atom. The van der Waals surface area contributed by atoms with Crippen molar-refractivity contribution in [2.24, 2.45) is 0 Å². The fourth-order valence-electron chi connectivity index (χ4n) is 1.76. The van der Waals surface area contributed by atoms with Crippen molar-refractivity contribution in [3.05, 3.63) is 45.7 Å². The average molecular weight is 293 g/mol. The summed E-state index contributed by atoms with van der Waals surface area (Å²) in [6, 6.07) is 8.71. The Labute approximate surface area is 117 Å². The van der Waals surface area contributed by atoms with Crippen LogP contribution in [0.2, 0.25) is 5.02 Å². The van der Waals surface area contributed by atoms with Gasteiger partial charge in [-0.05, 0) is 12.3 Å². The number of halogens is 1. The summed E-state index contributed by atoms with van der Waals surface area (Å²) in [4.78, 5) is 20.6. The number of aromatic amines is 1. The molecule has 0 saturated heterocycles. The Hall–Kier alpha value is -1.79. The number of hydrogen-bond donors (Lipinski definition) is 1. The summed E-state index contributed by atoms with van der Waals surface area (Å²) in [7, 11) is 0. The number of aromatic nitrogens is 4. The van der Waals surface area contributed by atoms with Crippen LogP contribution >= 0.6 is 23.4 Å². The van der Waals surface area contributed by atoms with Crippen LogP contribution in [-0.2, 0) is 0 Å². The van der Waals surface area contributed by atoms with Crippen molar-refractivity contribution in [3.63, 3.8) is 0 Å². The summed E-state index contributed by atoms with van der Waals surface area (Å²) in [5.41, 5.74) is 1.03. The first-order valence-corrected chi connectivity index (χ1v) is 7.08. The van der Waals surface area contributed by atoms with Crippen LogP contribution in [0.15, 0.2) is 40.3 Å². The SMILES string of the molecule is CSc1nc2nc(-c3ccccc3Cl)cc(=O)n2[nH]1. The molecule has 5 nitrogen and oxygen atoms in total. The zero-order valence-corrected chi connectivity index (χ0v) is 11.5. The van der Waals surface area contributed by atoms with Gasteiger partial charge in [0.05, 0.1) is 5.69 Å². The average Bonchev–Trinajstić information content (AvgIpc) is 2.83. The van der Waals surface area contributed by atoms with Gasteiger partial charge in [-0.15, -0.1) is 0 Å². The molecule has 2 aromatic heterocycles. The van der Waals surface area contributed by atoms with Gasteiger partial charge >= 0.3 is 0 Å². The van der Waals surface area contributed by atoms with Gasteiger partial charge in [0.1, 0.15) is 0 Å². The van der Waals surface area contributed by atoms with Gasteiger partial charge in [-0.3, -0.25) is 9.89 Å². The van der Waals surface area contributed by atoms with E-state index in [1.165, 1.54) is 22.3 Å². The first-order valence-electron chi connectivity index (χ1n) is 5.48. The molecule has 0 spiro atoms. The molecule has 0 fully saturated rings. The first kappa shape index (κ1) is 12.3. The minimum absolute atomic E-state index is 0.215. The summed E-state index contributed by atoms with van der Waals surface area (Å²) in [5, 5.41) is 4.06. The van der Waals surface area contributed by atoms with Crippen molar-refractivity contribution < 1.29 is 0 Å². The van der Waals surface area contributed by atoms with Gasteiger partial charge in [0.15, 0.2) is 5.16 Å². The first-order chi connectivity index (χ1) is 9.19. The fourth-order valence-corrected chi connectivity index (χ4v) is 2.35. The zero-order chi connectivity index (χ0) is 13.4. The molecule has 0 bridgehead atoms. The van der Waals surface area contributed by atoms with E-state index in [9.17, 15) is 4.79 Å². The fraction of sp³-hybridized carbons (Fsp3) is 0.0833. The maximum atomic E-state index is 12.0. The molecule has 0 aliphatic carbocycles. The standard InChI is InChI=1S/C12H9ClN4OS/c1-19-12-15-11-14-9(6-10(18)17(11)16-12)7-4-2-3-5-8(7)13/h2-6H,1H3,(H,14,15,16). The Balaban J connectivity index is 2.26. The monoisotopic (exact) mass is 292 g/mol. The van der Waals surface area contributed by atoms with E-state index in [2.05, 4.69) is 15.1 Å². The van der Waals surface area contributed by atoms with Gasteiger partial charge in [-0.2, -0.15) is 9.50 Å². The van der Waals surface area contributed by atoms with Gasteiger partial charge in [-0.25, -0.2) is 4.98 Å². The molecule has 19 heavy (non-hydrogen) atoms. The molecule has 1 aromatic carbocycles. The summed E-state index contributed by atoms with van der Waals surface area (Å²) in [6.07, 6.45) is 1.87. The highest BCUT2D eigenvalue weighted by Gasteiger charge is 2.10. The molecule has 7 heteroatoms. The number of benzene rings is 1. The van der Waals surface area contributed by atoms with Crippen LogP contribution in [0.4, 0.5) is 0 Å². The Bertz CT molecular complexity index is 811. The number of hydrogen-bond acceptors (Lipinski definition) is 4. The largest absolute Gasteiger partial charge is 0.274 e. The van der Waals surface area contributed by atoms with E-state index in [1.54, 1.807) is 6.07 Å². The number of fused-ring (bicyclic) bond motifs is 1. The van der Waals surface area contributed by atoms with Crippen molar-refractivity contribution in [2.75, 3.05) is 6.26 Å². The summed E-state index contributed by atoms with van der Waals surface area (Å²) < 4.78 is 1.31. The van der Waals surface area contributed by atoms with E-state index in [0.29, 0.717) is 21.7 Å². The molecule has 0 saturated carbocycles. The second-order valence-corrected chi connectivity index (χ2v) is 5.03. The topological polar surface area (TPSA) is 63.1 Å². The molecular formula is C12H9ClN4OS. The van der Waals surface area contributed by atoms with Gasteiger partial charge in [0.2, 0.25) is 0 Å². The van der Waals surface area contributed by atoms with Crippen molar-refractivity contribution in [2.45, 2.75) is 5.16 Å². The lowest BCUT2D eigenvalue weighted by atomic mass is 10.1. The summed E-state index contributed by atoms with van der Waals surface area (Å²) in [6.45, 7) is 0. The highest BCUT2D eigenvalue weighted by molar-refractivity contribution is 7.98. The third-order valence-corrected chi connectivity index (χ3v) is 3.55. The lowest BCUT2D eigenvalue weighted by Gasteiger charge is -2.02. The zero-order valence-electron chi connectivity index (χ0n) is 9.92. The van der Waals surface area contributed by atoms with Crippen molar-refractivity contribution in [3.8, 4) is 11.3 Å². The van der Waals surface area contributed by atoms with Crippen LogP contribution in [-0.4, -0.2) is 25.8 Å². The molecule has 0 radical (unpaired) electrons. The van der Waals surface area contributed by atoms with Crippen LogP contribution in [0.3, 0.4) is 0 Å². The van der Waals surface area contributed by atoms with Crippen LogP contribution in [0.5, 0.6) is 0 Å². The van der Waals surface area contributed by atoms with E-state index >= 15 is 0 Å². The number of nitrogens with one attached hydrogen (secondary N) is 1. The molecule has 1 N–H and O–H groups in total. The van der Waals surface area contributed by atoms with Crippen LogP contribution in [0, 0.1) is 0 Å². The molecule has 0 unspecified atom stereocenters. The quantitative estimate of drug-likeness (QED) is 0.737. The van der Waals surface area contributed by atoms with Crippen LogP contribution in [0.1, 0.15) is 0 Å². The van der Waals surface area contributed by atoms with Gasteiger partial charge in [-0.1, -0.05) is 41.6 Å². The third kappa shape index (κ3) is 2.13. The number of nitrogens with zero attached hydrogens (tertiary/aromatic N) is 3. The lowest BCUT2D eigenvalue weighted by molar-refractivity contribution is 0.852. The van der Waals surface area contributed by atoms with Crippen molar-refractivity contribution in [1.82, 2.24) is 19.6 Å². The van der Waals surface area contributed by atoms with Crippen LogP contribution < -0.4 is 5.56 Å². The van der Waals surface area contributed by atoms with Crippen molar-refractivity contribution in [1.29, 1.82) is 0 Å². The molecule has 0 amide bonds. The maximum Gasteiger partial charge on any atom is 0.274 e. The molecular weight excluding hydrogens is 284 g/mol. The van der Waals surface area contributed by atoms with Gasteiger partial charge < -0.3 is 0 Å². The number of thioether (sulfide) groups is 1. The molecule has 96 valence electrons. The second-order valence-electron chi connectivity index (χ2n) is 3.83. The molecule has 0 aliphatic heterocycles. The third-order valence-electron chi connectivity index (χ3n) is 2.65. The van der Waals surface area contributed by atoms with E-state index in [0.717, 1.165) is 5.56 Å². The molecule has 0 atom stereocenters. The summed E-state index contributed by atoms with van der Waals surface area (Å²) >= 11 is 7.53. The highest BCUT2D eigenvalue weighted by Crippen LogP contribution is 2.25. The van der Waals surface area contributed by atoms with Gasteiger partial charge in [0, 0.05) is 16.7 Å². The Morgan fingerprint density at radius 1 is 1.32 bits per heavy atom.